The molecule has 0 atom stereocenters. The Morgan fingerprint density at radius 2 is 1.96 bits per heavy atom. The third-order valence-corrected chi connectivity index (χ3v) is 4.01. The van der Waals surface area contributed by atoms with Crippen LogP contribution in [-0.2, 0) is 9.47 Å². The highest BCUT2D eigenvalue weighted by atomic mass is 16.6. The molecule has 10 nitrogen and oxygen atoms in total. The Morgan fingerprint density at radius 1 is 1.22 bits per heavy atom. The first kappa shape index (κ1) is 18.4. The minimum absolute atomic E-state index is 0.210. The molecule has 1 N–H and O–H groups in total. The molecule has 0 saturated carbocycles. The van der Waals surface area contributed by atoms with Gasteiger partial charge in [-0.1, -0.05) is 0 Å². The lowest BCUT2D eigenvalue weighted by Gasteiger charge is -2.30. The number of esters is 1. The number of nitrogens with zero attached hydrogens (tertiary/aromatic N) is 2. The van der Waals surface area contributed by atoms with Crippen molar-refractivity contribution in [2.75, 3.05) is 43.6 Å². The zero-order chi connectivity index (χ0) is 19.4. The maximum atomic E-state index is 12.4. The van der Waals surface area contributed by atoms with E-state index in [1.165, 1.54) is 19.2 Å². The van der Waals surface area contributed by atoms with E-state index in [1.807, 2.05) is 4.90 Å². The van der Waals surface area contributed by atoms with E-state index >= 15 is 0 Å². The summed E-state index contributed by atoms with van der Waals surface area (Å²) < 4.78 is 15.0. The average molecular weight is 375 g/mol. The predicted molar refractivity (Wildman–Crippen MR) is 94.1 cm³/mol. The summed E-state index contributed by atoms with van der Waals surface area (Å²) in [4.78, 5) is 36.3. The zero-order valence-electron chi connectivity index (χ0n) is 14.5. The minimum Gasteiger partial charge on any atom is -0.465 e. The zero-order valence-corrected chi connectivity index (χ0v) is 14.5. The van der Waals surface area contributed by atoms with E-state index < -0.39 is 22.7 Å². The van der Waals surface area contributed by atoms with E-state index in [0.29, 0.717) is 37.7 Å². The Labute approximate surface area is 153 Å². The smallest absolute Gasteiger partial charge is 0.433 e. The molecular weight excluding hydrogens is 358 g/mol. The van der Waals surface area contributed by atoms with Crippen molar-refractivity contribution in [3.63, 3.8) is 0 Å². The van der Waals surface area contributed by atoms with Crippen LogP contribution in [-0.4, -0.2) is 50.2 Å². The summed E-state index contributed by atoms with van der Waals surface area (Å²) in [5, 5.41) is 13.4. The standard InChI is InChI=1S/C17H17N3O7/c1-25-17(22)11-2-3-13(19-6-8-26-9-7-19)12(10-11)18-16(21)14-4-5-15(27-14)20(23)24/h2-5,10H,6-9H2,1H3,(H,18,21). The first-order valence-corrected chi connectivity index (χ1v) is 8.10. The van der Waals surface area contributed by atoms with Crippen LogP contribution in [0.25, 0.3) is 0 Å². The first-order valence-electron chi connectivity index (χ1n) is 8.10. The lowest BCUT2D eigenvalue weighted by atomic mass is 10.1. The number of benzene rings is 1. The first-order chi connectivity index (χ1) is 13.0. The Balaban J connectivity index is 1.90. The van der Waals surface area contributed by atoms with E-state index in [-0.39, 0.29) is 11.3 Å². The lowest BCUT2D eigenvalue weighted by molar-refractivity contribution is -0.402. The molecule has 0 spiro atoms. The van der Waals surface area contributed by atoms with Crippen LogP contribution in [0.2, 0.25) is 0 Å². The van der Waals surface area contributed by atoms with Gasteiger partial charge in [-0.15, -0.1) is 0 Å². The highest BCUT2D eigenvalue weighted by molar-refractivity contribution is 6.05. The number of methoxy groups -OCH3 is 1. The Bertz CT molecular complexity index is 871. The number of morpholine rings is 1. The number of anilines is 2. The van der Waals surface area contributed by atoms with Crippen molar-refractivity contribution in [3.05, 3.63) is 51.8 Å². The second-order valence-corrected chi connectivity index (χ2v) is 5.67. The Morgan fingerprint density at radius 3 is 2.59 bits per heavy atom. The molecule has 1 fully saturated rings. The van der Waals surface area contributed by atoms with Crippen molar-refractivity contribution in [2.24, 2.45) is 0 Å². The fraction of sp³-hybridized carbons (Fsp3) is 0.294. The molecule has 2 aromatic rings. The molecular formula is C17H17N3O7. The molecule has 1 amide bonds. The lowest BCUT2D eigenvalue weighted by Crippen LogP contribution is -2.36. The number of carbonyl (C=O) groups excluding carboxylic acids is 2. The van der Waals surface area contributed by atoms with Crippen LogP contribution in [0.15, 0.2) is 34.7 Å². The van der Waals surface area contributed by atoms with Crippen molar-refractivity contribution in [1.82, 2.24) is 0 Å². The monoisotopic (exact) mass is 375 g/mol. The molecule has 0 bridgehead atoms. The summed E-state index contributed by atoms with van der Waals surface area (Å²) in [6.07, 6.45) is 0. The number of hydrogen-bond acceptors (Lipinski definition) is 8. The van der Waals surface area contributed by atoms with Crippen LogP contribution < -0.4 is 10.2 Å². The number of nitro groups is 1. The topological polar surface area (TPSA) is 124 Å². The molecule has 0 aliphatic carbocycles. The summed E-state index contributed by atoms with van der Waals surface area (Å²) in [6, 6.07) is 7.11. The Hall–Kier alpha value is -3.40. The molecule has 142 valence electrons. The van der Waals surface area contributed by atoms with Crippen LogP contribution in [0.3, 0.4) is 0 Å². The van der Waals surface area contributed by atoms with Crippen LogP contribution in [0.1, 0.15) is 20.9 Å². The van der Waals surface area contributed by atoms with Gasteiger partial charge < -0.3 is 24.1 Å². The van der Waals surface area contributed by atoms with Gasteiger partial charge in [0.05, 0.1) is 43.3 Å². The van der Waals surface area contributed by atoms with Crippen LogP contribution in [0.4, 0.5) is 17.3 Å². The summed E-state index contributed by atoms with van der Waals surface area (Å²) in [5.41, 5.74) is 1.32. The summed E-state index contributed by atoms with van der Waals surface area (Å²) in [7, 11) is 1.26. The van der Waals surface area contributed by atoms with Gasteiger partial charge in [0.1, 0.15) is 4.92 Å². The number of rotatable bonds is 5. The number of hydrogen-bond donors (Lipinski definition) is 1. The molecule has 0 radical (unpaired) electrons. The fourth-order valence-corrected chi connectivity index (χ4v) is 2.69. The SMILES string of the molecule is COC(=O)c1ccc(N2CCOCC2)c(NC(=O)c2ccc([N+](=O)[O-])o2)c1. The molecule has 1 aromatic heterocycles. The third kappa shape index (κ3) is 4.06. The van der Waals surface area contributed by atoms with E-state index in [9.17, 15) is 19.7 Å². The van der Waals surface area contributed by atoms with Crippen molar-refractivity contribution < 1.29 is 28.4 Å². The quantitative estimate of drug-likeness (QED) is 0.478. The number of furan rings is 1. The molecule has 1 aliphatic heterocycles. The van der Waals surface area contributed by atoms with E-state index in [2.05, 4.69) is 5.32 Å². The van der Waals surface area contributed by atoms with Gasteiger partial charge in [-0.2, -0.15) is 0 Å². The highest BCUT2D eigenvalue weighted by Gasteiger charge is 2.21. The summed E-state index contributed by atoms with van der Waals surface area (Å²) in [5.74, 6) is -1.96. The molecule has 2 heterocycles. The summed E-state index contributed by atoms with van der Waals surface area (Å²) >= 11 is 0. The molecule has 1 aromatic carbocycles. The molecule has 27 heavy (non-hydrogen) atoms. The second kappa shape index (κ2) is 7.87. The Kier molecular flexibility index (Phi) is 5.36. The van der Waals surface area contributed by atoms with Crippen molar-refractivity contribution in [2.45, 2.75) is 0 Å². The second-order valence-electron chi connectivity index (χ2n) is 5.67. The van der Waals surface area contributed by atoms with E-state index in [4.69, 9.17) is 13.9 Å². The normalized spacial score (nSPS) is 13.9. The van der Waals surface area contributed by atoms with Gasteiger partial charge in [-0.05, 0) is 24.3 Å². The van der Waals surface area contributed by atoms with Gasteiger partial charge >= 0.3 is 11.9 Å². The number of carbonyl (C=O) groups is 2. The number of nitrogens with one attached hydrogen (secondary N) is 1. The van der Waals surface area contributed by atoms with Gasteiger partial charge in [0.25, 0.3) is 5.91 Å². The van der Waals surface area contributed by atoms with Crippen LogP contribution in [0, 0.1) is 10.1 Å². The van der Waals surface area contributed by atoms with Gasteiger partial charge in [0, 0.05) is 13.1 Å². The van der Waals surface area contributed by atoms with E-state index in [1.54, 1.807) is 12.1 Å². The average Bonchev–Trinajstić information content (AvgIpc) is 3.19. The van der Waals surface area contributed by atoms with Crippen molar-refractivity contribution >= 4 is 29.1 Å². The number of ether oxygens (including phenoxy) is 2. The maximum absolute atomic E-state index is 12.4. The predicted octanol–water partition coefficient (Wildman–Crippen LogP) is 2.06. The van der Waals surface area contributed by atoms with Gasteiger partial charge in [0.2, 0.25) is 0 Å². The van der Waals surface area contributed by atoms with Crippen LogP contribution in [0.5, 0.6) is 0 Å². The summed E-state index contributed by atoms with van der Waals surface area (Å²) in [6.45, 7) is 2.31. The molecule has 0 unspecified atom stereocenters. The van der Waals surface area contributed by atoms with Gasteiger partial charge in [-0.25, -0.2) is 4.79 Å². The van der Waals surface area contributed by atoms with Gasteiger partial charge in [-0.3, -0.25) is 14.9 Å². The van der Waals surface area contributed by atoms with Crippen molar-refractivity contribution in [1.29, 1.82) is 0 Å². The van der Waals surface area contributed by atoms with E-state index in [0.717, 1.165) is 6.07 Å². The molecule has 10 heteroatoms. The van der Waals surface area contributed by atoms with Crippen LogP contribution >= 0.6 is 0 Å². The molecule has 1 aliphatic rings. The highest BCUT2D eigenvalue weighted by Crippen LogP contribution is 2.29. The third-order valence-electron chi connectivity index (χ3n) is 4.01. The molecule has 1 saturated heterocycles. The minimum atomic E-state index is -0.728. The largest absolute Gasteiger partial charge is 0.465 e. The maximum Gasteiger partial charge on any atom is 0.433 e. The number of amides is 1. The fourth-order valence-electron chi connectivity index (χ4n) is 2.69. The molecule has 3 rings (SSSR count). The van der Waals surface area contributed by atoms with Gasteiger partial charge in [0.15, 0.2) is 5.76 Å². The van der Waals surface area contributed by atoms with Crippen molar-refractivity contribution in [3.8, 4) is 0 Å².